The van der Waals surface area contributed by atoms with Gasteiger partial charge in [-0.25, -0.2) is 0 Å². The van der Waals surface area contributed by atoms with Gasteiger partial charge >= 0.3 is 0 Å². The molecule has 1 atom stereocenters. The smallest absolute Gasteiger partial charge is 0.223 e. The van der Waals surface area contributed by atoms with Gasteiger partial charge in [0.2, 0.25) is 5.91 Å². The van der Waals surface area contributed by atoms with Crippen molar-refractivity contribution < 1.29 is 4.79 Å². The van der Waals surface area contributed by atoms with E-state index in [1.54, 1.807) is 0 Å². The Labute approximate surface area is 125 Å². The highest BCUT2D eigenvalue weighted by Crippen LogP contribution is 2.32. The minimum Gasteiger partial charge on any atom is -0.349 e. The molecule has 0 aromatic heterocycles. The summed E-state index contributed by atoms with van der Waals surface area (Å²) in [6.07, 6.45) is 8.51. The van der Waals surface area contributed by atoms with Gasteiger partial charge < -0.3 is 11.1 Å². The summed E-state index contributed by atoms with van der Waals surface area (Å²) in [5.74, 6) is 1.64. The van der Waals surface area contributed by atoms with Gasteiger partial charge in [0.1, 0.15) is 0 Å². The number of unbranched alkanes of at least 4 members (excludes halogenated alkanes) is 1. The van der Waals surface area contributed by atoms with Crippen LogP contribution in [-0.2, 0) is 4.79 Å². The van der Waals surface area contributed by atoms with Crippen LogP contribution >= 0.6 is 0 Å². The molecular formula is C17H34N2O. The maximum absolute atomic E-state index is 12.4. The predicted molar refractivity (Wildman–Crippen MR) is 85.4 cm³/mol. The van der Waals surface area contributed by atoms with Crippen molar-refractivity contribution in [3.63, 3.8) is 0 Å². The van der Waals surface area contributed by atoms with Crippen LogP contribution in [0, 0.1) is 17.8 Å². The van der Waals surface area contributed by atoms with Gasteiger partial charge in [-0.05, 0) is 44.4 Å². The quantitative estimate of drug-likeness (QED) is 0.751. The SMILES string of the molecule is CCCCC1CCC(C(=O)NC(C)(CN)C(C)C)CC1. The zero-order valence-corrected chi connectivity index (χ0v) is 13.9. The highest BCUT2D eigenvalue weighted by molar-refractivity contribution is 5.79. The molecule has 1 fully saturated rings. The Morgan fingerprint density at radius 2 is 1.90 bits per heavy atom. The molecule has 0 saturated heterocycles. The lowest BCUT2D eigenvalue weighted by Crippen LogP contribution is -2.56. The summed E-state index contributed by atoms with van der Waals surface area (Å²) < 4.78 is 0. The first-order chi connectivity index (χ1) is 9.42. The number of carbonyl (C=O) groups is 1. The third kappa shape index (κ3) is 4.76. The van der Waals surface area contributed by atoms with Gasteiger partial charge in [0.15, 0.2) is 0 Å². The zero-order valence-electron chi connectivity index (χ0n) is 13.9. The second kappa shape index (κ2) is 8.02. The fourth-order valence-electron chi connectivity index (χ4n) is 3.02. The molecule has 3 nitrogen and oxygen atoms in total. The summed E-state index contributed by atoms with van der Waals surface area (Å²) in [7, 11) is 0. The number of rotatable bonds is 7. The molecule has 0 heterocycles. The van der Waals surface area contributed by atoms with E-state index in [1.807, 2.05) is 0 Å². The number of nitrogens with two attached hydrogens (primary N) is 1. The normalized spacial score (nSPS) is 26.3. The summed E-state index contributed by atoms with van der Waals surface area (Å²) in [6, 6.07) is 0. The van der Waals surface area contributed by atoms with Crippen molar-refractivity contribution in [1.29, 1.82) is 0 Å². The Kier molecular flexibility index (Phi) is 7.01. The molecule has 20 heavy (non-hydrogen) atoms. The van der Waals surface area contributed by atoms with Crippen molar-refractivity contribution in [1.82, 2.24) is 5.32 Å². The molecule has 118 valence electrons. The van der Waals surface area contributed by atoms with Crippen molar-refractivity contribution in [2.75, 3.05) is 6.54 Å². The molecule has 0 aliphatic heterocycles. The Bertz CT molecular complexity index is 295. The topological polar surface area (TPSA) is 55.1 Å². The molecule has 0 radical (unpaired) electrons. The van der Waals surface area contributed by atoms with Gasteiger partial charge in [-0.15, -0.1) is 0 Å². The second-order valence-electron chi connectivity index (χ2n) is 7.13. The van der Waals surface area contributed by atoms with Crippen LogP contribution in [0.1, 0.15) is 72.6 Å². The molecule has 0 spiro atoms. The highest BCUT2D eigenvalue weighted by Gasteiger charge is 2.33. The van der Waals surface area contributed by atoms with E-state index in [1.165, 1.54) is 32.1 Å². The van der Waals surface area contributed by atoms with Crippen molar-refractivity contribution in [3.8, 4) is 0 Å². The maximum Gasteiger partial charge on any atom is 0.223 e. The molecule has 0 aromatic carbocycles. The van der Waals surface area contributed by atoms with E-state index in [2.05, 4.69) is 33.0 Å². The first-order valence-electron chi connectivity index (χ1n) is 8.45. The minimum absolute atomic E-state index is 0.206. The van der Waals surface area contributed by atoms with Crippen molar-refractivity contribution in [2.45, 2.75) is 78.2 Å². The molecule has 1 aliphatic carbocycles. The summed E-state index contributed by atoms with van der Waals surface area (Å²) >= 11 is 0. The zero-order chi connectivity index (χ0) is 15.2. The molecular weight excluding hydrogens is 248 g/mol. The Morgan fingerprint density at radius 1 is 1.30 bits per heavy atom. The number of hydrogen-bond acceptors (Lipinski definition) is 2. The lowest BCUT2D eigenvalue weighted by molar-refractivity contribution is -0.128. The van der Waals surface area contributed by atoms with E-state index < -0.39 is 0 Å². The van der Waals surface area contributed by atoms with E-state index in [9.17, 15) is 4.79 Å². The predicted octanol–water partition coefficient (Wildman–Crippen LogP) is 3.47. The summed E-state index contributed by atoms with van der Waals surface area (Å²) in [4.78, 5) is 12.4. The minimum atomic E-state index is -0.268. The van der Waals surface area contributed by atoms with Crippen LogP contribution in [0.3, 0.4) is 0 Å². The molecule has 1 unspecified atom stereocenters. The number of hydrogen-bond donors (Lipinski definition) is 2. The molecule has 1 saturated carbocycles. The average Bonchev–Trinajstić information content (AvgIpc) is 2.45. The Hall–Kier alpha value is -0.570. The summed E-state index contributed by atoms with van der Waals surface area (Å²) in [5, 5.41) is 3.21. The van der Waals surface area contributed by atoms with Gasteiger partial charge in [-0.3, -0.25) is 4.79 Å². The molecule has 1 aliphatic rings. The number of carbonyl (C=O) groups excluding carboxylic acids is 1. The molecule has 0 bridgehead atoms. The lowest BCUT2D eigenvalue weighted by atomic mass is 9.78. The first kappa shape index (κ1) is 17.5. The molecule has 0 aromatic rings. The van der Waals surface area contributed by atoms with Gasteiger partial charge in [-0.2, -0.15) is 0 Å². The molecule has 1 amide bonds. The van der Waals surface area contributed by atoms with Crippen LogP contribution in [-0.4, -0.2) is 18.0 Å². The van der Waals surface area contributed by atoms with Gasteiger partial charge in [0, 0.05) is 12.5 Å². The monoisotopic (exact) mass is 282 g/mol. The van der Waals surface area contributed by atoms with Crippen LogP contribution in [0.25, 0.3) is 0 Å². The van der Waals surface area contributed by atoms with Crippen LogP contribution in [0.2, 0.25) is 0 Å². The third-order valence-corrected chi connectivity index (χ3v) is 5.29. The highest BCUT2D eigenvalue weighted by atomic mass is 16.2. The van der Waals surface area contributed by atoms with Crippen molar-refractivity contribution in [3.05, 3.63) is 0 Å². The van der Waals surface area contributed by atoms with Crippen molar-refractivity contribution in [2.24, 2.45) is 23.5 Å². The Morgan fingerprint density at radius 3 is 2.35 bits per heavy atom. The molecule has 3 heteroatoms. The van der Waals surface area contributed by atoms with E-state index >= 15 is 0 Å². The fourth-order valence-corrected chi connectivity index (χ4v) is 3.02. The number of nitrogens with one attached hydrogen (secondary N) is 1. The van der Waals surface area contributed by atoms with Crippen LogP contribution < -0.4 is 11.1 Å². The van der Waals surface area contributed by atoms with Crippen molar-refractivity contribution >= 4 is 5.91 Å². The van der Waals surface area contributed by atoms with Gasteiger partial charge in [0.25, 0.3) is 0 Å². The maximum atomic E-state index is 12.4. The molecule has 1 rings (SSSR count). The standard InChI is InChI=1S/C17H34N2O/c1-5-6-7-14-8-10-15(11-9-14)16(20)19-17(4,12-18)13(2)3/h13-15H,5-12,18H2,1-4H3,(H,19,20). The van der Waals surface area contributed by atoms with E-state index in [0.717, 1.165) is 18.8 Å². The summed E-state index contributed by atoms with van der Waals surface area (Å²) in [6.45, 7) is 9.05. The van der Waals surface area contributed by atoms with Crippen LogP contribution in [0.4, 0.5) is 0 Å². The summed E-state index contributed by atoms with van der Waals surface area (Å²) in [5.41, 5.74) is 5.58. The van der Waals surface area contributed by atoms with E-state index in [-0.39, 0.29) is 17.4 Å². The largest absolute Gasteiger partial charge is 0.349 e. The van der Waals surface area contributed by atoms with Gasteiger partial charge in [-0.1, -0.05) is 40.0 Å². The third-order valence-electron chi connectivity index (χ3n) is 5.29. The van der Waals surface area contributed by atoms with E-state index in [0.29, 0.717) is 12.5 Å². The lowest BCUT2D eigenvalue weighted by Gasteiger charge is -2.36. The molecule has 3 N–H and O–H groups in total. The van der Waals surface area contributed by atoms with Gasteiger partial charge in [0.05, 0.1) is 5.54 Å². The second-order valence-corrected chi connectivity index (χ2v) is 7.13. The Balaban J connectivity index is 2.43. The van der Waals surface area contributed by atoms with Crippen LogP contribution in [0.5, 0.6) is 0 Å². The average molecular weight is 282 g/mol. The van der Waals surface area contributed by atoms with Crippen LogP contribution in [0.15, 0.2) is 0 Å². The van der Waals surface area contributed by atoms with E-state index in [4.69, 9.17) is 5.73 Å². The first-order valence-corrected chi connectivity index (χ1v) is 8.45. The fraction of sp³-hybridized carbons (Fsp3) is 0.941. The number of amides is 1.